The molecule has 3 rings (SSSR count). The summed E-state index contributed by atoms with van der Waals surface area (Å²) in [7, 11) is 0. The van der Waals surface area contributed by atoms with E-state index >= 15 is 0 Å². The molecule has 1 aromatic heterocycles. The topological polar surface area (TPSA) is 41.6 Å². The van der Waals surface area contributed by atoms with Crippen molar-refractivity contribution in [3.8, 4) is 6.07 Å². The van der Waals surface area contributed by atoms with E-state index in [4.69, 9.17) is 0 Å². The largest absolute Gasteiger partial charge is 0.270 e. The number of nitrogens with zero attached hydrogens (tertiary/aromatic N) is 3. The molecule has 3 nitrogen and oxygen atoms in total. The summed E-state index contributed by atoms with van der Waals surface area (Å²) in [6.45, 7) is 5.18. The average Bonchev–Trinajstić information content (AvgIpc) is 3.12. The first-order chi connectivity index (χ1) is 9.20. The summed E-state index contributed by atoms with van der Waals surface area (Å²) in [5.41, 5.74) is 2.34. The maximum Gasteiger partial charge on any atom is 0.0696 e. The monoisotopic (exact) mass is 257 g/mol. The predicted molar refractivity (Wildman–Crippen MR) is 74.5 cm³/mol. The van der Waals surface area contributed by atoms with Gasteiger partial charge in [-0.25, -0.2) is 0 Å². The third kappa shape index (κ3) is 1.98. The molecule has 3 atom stereocenters. The van der Waals surface area contributed by atoms with Crippen LogP contribution >= 0.6 is 0 Å². The van der Waals surface area contributed by atoms with E-state index in [2.05, 4.69) is 35.8 Å². The minimum Gasteiger partial charge on any atom is -0.270 e. The lowest BCUT2D eigenvalue weighted by Gasteiger charge is -2.31. The van der Waals surface area contributed by atoms with Gasteiger partial charge in [0.25, 0.3) is 0 Å². The molecule has 102 valence electrons. The number of hydrogen-bond donors (Lipinski definition) is 0. The van der Waals surface area contributed by atoms with Gasteiger partial charge < -0.3 is 0 Å². The van der Waals surface area contributed by atoms with E-state index < -0.39 is 0 Å². The van der Waals surface area contributed by atoms with Gasteiger partial charge in [0.1, 0.15) is 0 Å². The number of nitriles is 1. The minimum atomic E-state index is -0.0963. The first-order valence-corrected chi connectivity index (χ1v) is 7.67. The van der Waals surface area contributed by atoms with Crippen molar-refractivity contribution in [3.63, 3.8) is 0 Å². The van der Waals surface area contributed by atoms with E-state index in [1.807, 2.05) is 0 Å². The summed E-state index contributed by atoms with van der Waals surface area (Å²) in [5, 5.41) is 14.4. The fourth-order valence-corrected chi connectivity index (χ4v) is 4.26. The van der Waals surface area contributed by atoms with Gasteiger partial charge in [-0.1, -0.05) is 13.3 Å². The van der Waals surface area contributed by atoms with Crippen LogP contribution in [0.25, 0.3) is 0 Å². The van der Waals surface area contributed by atoms with Crippen molar-refractivity contribution in [2.75, 3.05) is 0 Å². The number of fused-ring (bicyclic) bond motifs is 2. The van der Waals surface area contributed by atoms with Gasteiger partial charge in [0.05, 0.1) is 17.2 Å². The molecule has 0 aliphatic heterocycles. The molecule has 2 fully saturated rings. The van der Waals surface area contributed by atoms with Gasteiger partial charge in [-0.05, 0) is 50.5 Å². The Labute approximate surface area is 115 Å². The molecule has 19 heavy (non-hydrogen) atoms. The molecular formula is C16H23N3. The maximum absolute atomic E-state index is 9.75. The van der Waals surface area contributed by atoms with Crippen LogP contribution in [-0.2, 0) is 19.4 Å². The molecule has 2 bridgehead atoms. The molecule has 0 saturated heterocycles. The molecule has 2 aliphatic rings. The van der Waals surface area contributed by atoms with Crippen molar-refractivity contribution in [2.24, 2.45) is 17.3 Å². The summed E-state index contributed by atoms with van der Waals surface area (Å²) in [6.07, 6.45) is 6.90. The molecule has 3 heteroatoms. The molecule has 0 radical (unpaired) electrons. The summed E-state index contributed by atoms with van der Waals surface area (Å²) < 4.78 is 2.10. The Hall–Kier alpha value is -1.30. The van der Waals surface area contributed by atoms with Gasteiger partial charge >= 0.3 is 0 Å². The van der Waals surface area contributed by atoms with Crippen molar-refractivity contribution >= 4 is 0 Å². The third-order valence-corrected chi connectivity index (χ3v) is 5.27. The lowest BCUT2D eigenvalue weighted by atomic mass is 9.71. The molecule has 1 heterocycles. The summed E-state index contributed by atoms with van der Waals surface area (Å²) >= 11 is 0. The van der Waals surface area contributed by atoms with Gasteiger partial charge in [-0.3, -0.25) is 4.68 Å². The predicted octanol–water partition coefficient (Wildman–Crippen LogP) is 3.34. The van der Waals surface area contributed by atoms with Crippen LogP contribution in [0.15, 0.2) is 6.07 Å². The van der Waals surface area contributed by atoms with Crippen molar-refractivity contribution < 1.29 is 0 Å². The number of aryl methyl sites for hydroxylation is 2. The maximum atomic E-state index is 9.75. The highest BCUT2D eigenvalue weighted by Crippen LogP contribution is 2.57. The number of rotatable bonds is 4. The van der Waals surface area contributed by atoms with Gasteiger partial charge in [0.2, 0.25) is 0 Å². The highest BCUT2D eigenvalue weighted by atomic mass is 15.3. The smallest absolute Gasteiger partial charge is 0.0696 e. The molecule has 0 aromatic carbocycles. The zero-order chi connectivity index (χ0) is 13.5. The zero-order valence-corrected chi connectivity index (χ0v) is 12.0. The SMILES string of the molecule is CCc1cc(CC2(C#N)CC3CCC2C3)n(CC)n1. The number of aromatic nitrogens is 2. The van der Waals surface area contributed by atoms with Crippen LogP contribution in [0.3, 0.4) is 0 Å². The highest BCUT2D eigenvalue weighted by molar-refractivity contribution is 5.20. The molecule has 3 unspecified atom stereocenters. The first kappa shape index (κ1) is 12.7. The fourth-order valence-electron chi connectivity index (χ4n) is 4.26. The summed E-state index contributed by atoms with van der Waals surface area (Å²) in [4.78, 5) is 0. The minimum absolute atomic E-state index is 0.0963. The van der Waals surface area contributed by atoms with Crippen LogP contribution in [0.1, 0.15) is 50.9 Å². The first-order valence-electron chi connectivity index (χ1n) is 7.67. The normalized spacial score (nSPS) is 32.7. The van der Waals surface area contributed by atoms with Crippen LogP contribution < -0.4 is 0 Å². The molecule has 2 aliphatic carbocycles. The Morgan fingerprint density at radius 2 is 2.32 bits per heavy atom. The Balaban J connectivity index is 1.88. The van der Waals surface area contributed by atoms with E-state index in [9.17, 15) is 5.26 Å². The molecule has 0 spiro atoms. The molecule has 0 amide bonds. The van der Waals surface area contributed by atoms with E-state index in [0.717, 1.165) is 37.4 Å². The average molecular weight is 257 g/mol. The molecular weight excluding hydrogens is 234 g/mol. The second-order valence-electron chi connectivity index (χ2n) is 6.32. The van der Waals surface area contributed by atoms with E-state index in [1.54, 1.807) is 0 Å². The van der Waals surface area contributed by atoms with Crippen molar-refractivity contribution in [2.45, 2.75) is 58.9 Å². The van der Waals surface area contributed by atoms with Crippen molar-refractivity contribution in [3.05, 3.63) is 17.5 Å². The van der Waals surface area contributed by atoms with Gasteiger partial charge in [0, 0.05) is 18.7 Å². The summed E-state index contributed by atoms with van der Waals surface area (Å²) in [6, 6.07) is 4.91. The standard InChI is InChI=1S/C16H23N3/c1-3-14-8-15(19(4-2)18-14)10-16(11-17)9-12-5-6-13(16)7-12/h8,12-13H,3-7,9-10H2,1-2H3. The second kappa shape index (κ2) is 4.67. The Morgan fingerprint density at radius 3 is 2.84 bits per heavy atom. The van der Waals surface area contributed by atoms with Gasteiger partial charge in [-0.2, -0.15) is 10.4 Å². The van der Waals surface area contributed by atoms with Crippen LogP contribution in [0.4, 0.5) is 0 Å². The lowest BCUT2D eigenvalue weighted by Crippen LogP contribution is -2.29. The van der Waals surface area contributed by atoms with Crippen LogP contribution in [0.2, 0.25) is 0 Å². The Kier molecular flexibility index (Phi) is 3.12. The zero-order valence-electron chi connectivity index (χ0n) is 12.0. The summed E-state index contributed by atoms with van der Waals surface area (Å²) in [5.74, 6) is 1.45. The van der Waals surface area contributed by atoms with Gasteiger partial charge in [0.15, 0.2) is 0 Å². The second-order valence-corrected chi connectivity index (χ2v) is 6.32. The number of hydrogen-bond acceptors (Lipinski definition) is 2. The van der Waals surface area contributed by atoms with E-state index in [1.165, 1.54) is 25.0 Å². The van der Waals surface area contributed by atoms with Crippen molar-refractivity contribution in [1.29, 1.82) is 5.26 Å². The molecule has 1 aromatic rings. The van der Waals surface area contributed by atoms with E-state index in [-0.39, 0.29) is 5.41 Å². The van der Waals surface area contributed by atoms with Crippen molar-refractivity contribution in [1.82, 2.24) is 9.78 Å². The lowest BCUT2D eigenvalue weighted by molar-refractivity contribution is 0.234. The van der Waals surface area contributed by atoms with Crippen LogP contribution in [0.5, 0.6) is 0 Å². The van der Waals surface area contributed by atoms with Crippen LogP contribution in [-0.4, -0.2) is 9.78 Å². The highest BCUT2D eigenvalue weighted by Gasteiger charge is 2.51. The Morgan fingerprint density at radius 1 is 1.47 bits per heavy atom. The van der Waals surface area contributed by atoms with Gasteiger partial charge in [-0.15, -0.1) is 0 Å². The van der Waals surface area contributed by atoms with Crippen LogP contribution in [0, 0.1) is 28.6 Å². The third-order valence-electron chi connectivity index (χ3n) is 5.27. The van der Waals surface area contributed by atoms with E-state index in [0.29, 0.717) is 5.92 Å². The molecule has 0 N–H and O–H groups in total. The fraction of sp³-hybridized carbons (Fsp3) is 0.750. The Bertz CT molecular complexity index is 511. The molecule has 2 saturated carbocycles. The quantitative estimate of drug-likeness (QED) is 0.830.